The van der Waals surface area contributed by atoms with Crippen LogP contribution in [0.25, 0.3) is 21.9 Å². The quantitative estimate of drug-likeness (QED) is 0.440. The summed E-state index contributed by atoms with van der Waals surface area (Å²) < 4.78 is 30.6. The maximum Gasteiger partial charge on any atom is 0.330 e. The molecule has 0 saturated heterocycles. The van der Waals surface area contributed by atoms with Crippen LogP contribution in [0.4, 0.5) is 5.69 Å². The average Bonchev–Trinajstić information content (AvgIpc) is 3.10. The smallest absolute Gasteiger partial charge is 0.330 e. The number of benzene rings is 3. The first-order valence-electron chi connectivity index (χ1n) is 9.20. The topological polar surface area (TPSA) is 114 Å². The van der Waals surface area contributed by atoms with Crippen LogP contribution < -0.4 is 4.31 Å². The van der Waals surface area contributed by atoms with Crippen LogP contribution in [0.5, 0.6) is 0 Å². The molecule has 3 aromatic carbocycles. The lowest BCUT2D eigenvalue weighted by atomic mass is 10.0. The van der Waals surface area contributed by atoms with Gasteiger partial charge in [0.25, 0.3) is 0 Å². The molecule has 0 spiro atoms. The first kappa shape index (κ1) is 20.1. The van der Waals surface area contributed by atoms with E-state index in [4.69, 9.17) is 4.42 Å². The number of anilines is 1. The summed E-state index contributed by atoms with van der Waals surface area (Å²) in [4.78, 5) is 12.0. The van der Waals surface area contributed by atoms with Gasteiger partial charge in [0.15, 0.2) is 6.04 Å². The fourth-order valence-corrected chi connectivity index (χ4v) is 4.28. The Hall–Kier alpha value is -3.20. The summed E-state index contributed by atoms with van der Waals surface area (Å²) in [6, 6.07) is 19.0. The van der Waals surface area contributed by atoms with E-state index in [2.05, 4.69) is 0 Å². The van der Waals surface area contributed by atoms with Crippen molar-refractivity contribution >= 4 is 44.9 Å². The van der Waals surface area contributed by atoms with Crippen LogP contribution in [-0.2, 0) is 22.5 Å². The van der Waals surface area contributed by atoms with E-state index >= 15 is 0 Å². The van der Waals surface area contributed by atoms with Crippen molar-refractivity contribution in [2.24, 2.45) is 0 Å². The standard InChI is InChI=1S/C22H19NO6S/c24-18(12-14-6-2-1-3-7-14)21(22(25)26)23(30(27)28)15-10-11-20-17(13-15)16-8-4-5-9-19(16)29-20/h1-11,13,18,21,24H,12H2,(H,25,26)(H,27,28)/p-1. The van der Waals surface area contributed by atoms with E-state index in [-0.39, 0.29) is 12.1 Å². The number of carboxylic acid groups (broad SMARTS) is 1. The Morgan fingerprint density at radius 3 is 2.37 bits per heavy atom. The zero-order chi connectivity index (χ0) is 21.3. The Morgan fingerprint density at radius 2 is 1.67 bits per heavy atom. The van der Waals surface area contributed by atoms with Gasteiger partial charge in [-0.25, -0.2) is 4.79 Å². The highest BCUT2D eigenvalue weighted by Gasteiger charge is 2.34. The van der Waals surface area contributed by atoms with Crippen molar-refractivity contribution in [3.63, 3.8) is 0 Å². The number of fused-ring (bicyclic) bond motifs is 3. The molecule has 3 unspecified atom stereocenters. The van der Waals surface area contributed by atoms with Crippen LogP contribution in [0.2, 0.25) is 0 Å². The molecular weight excluding hydrogens is 406 g/mol. The number of furan rings is 1. The van der Waals surface area contributed by atoms with Crippen LogP contribution in [0, 0.1) is 0 Å². The Labute approximate surface area is 174 Å². The van der Waals surface area contributed by atoms with Gasteiger partial charge < -0.3 is 19.2 Å². The first-order chi connectivity index (χ1) is 14.5. The highest BCUT2D eigenvalue weighted by Crippen LogP contribution is 2.33. The average molecular weight is 424 g/mol. The molecule has 1 aromatic heterocycles. The molecule has 0 fully saturated rings. The minimum atomic E-state index is -2.94. The van der Waals surface area contributed by atoms with E-state index in [1.165, 1.54) is 6.07 Å². The van der Waals surface area contributed by atoms with Crippen LogP contribution in [-0.4, -0.2) is 37.1 Å². The van der Waals surface area contributed by atoms with Gasteiger partial charge >= 0.3 is 5.97 Å². The fourth-order valence-electron chi connectivity index (χ4n) is 3.58. The van der Waals surface area contributed by atoms with Gasteiger partial charge in [-0.3, -0.25) is 8.51 Å². The van der Waals surface area contributed by atoms with Crippen molar-refractivity contribution in [3.05, 3.63) is 78.4 Å². The van der Waals surface area contributed by atoms with Crippen molar-refractivity contribution in [2.45, 2.75) is 18.6 Å². The third-order valence-corrected chi connectivity index (χ3v) is 5.69. The minimum Gasteiger partial charge on any atom is -0.755 e. The lowest BCUT2D eigenvalue weighted by Crippen LogP contribution is -2.50. The van der Waals surface area contributed by atoms with Gasteiger partial charge in [0, 0.05) is 28.5 Å². The summed E-state index contributed by atoms with van der Waals surface area (Å²) in [7, 11) is 0. The predicted molar refractivity (Wildman–Crippen MR) is 113 cm³/mol. The van der Waals surface area contributed by atoms with Crippen LogP contribution in [0.3, 0.4) is 0 Å². The SMILES string of the molecule is O=C(O)C(C(O)Cc1ccccc1)N(c1ccc2oc3ccccc3c2c1)S(=O)[O-]. The third-order valence-electron chi connectivity index (χ3n) is 4.93. The van der Waals surface area contributed by atoms with Gasteiger partial charge in [-0.05, 0) is 29.8 Å². The predicted octanol–water partition coefficient (Wildman–Crippen LogP) is 3.24. The van der Waals surface area contributed by atoms with Gasteiger partial charge in [-0.2, -0.15) is 0 Å². The molecule has 0 aliphatic heterocycles. The molecule has 0 aliphatic rings. The molecule has 1 heterocycles. The second kappa shape index (κ2) is 8.27. The Balaban J connectivity index is 1.76. The summed E-state index contributed by atoms with van der Waals surface area (Å²) in [5.41, 5.74) is 2.01. The zero-order valence-electron chi connectivity index (χ0n) is 15.7. The van der Waals surface area contributed by atoms with E-state index in [0.717, 1.165) is 5.39 Å². The van der Waals surface area contributed by atoms with Crippen molar-refractivity contribution in [1.29, 1.82) is 0 Å². The number of para-hydroxylation sites is 1. The summed E-state index contributed by atoms with van der Waals surface area (Å²) in [6.07, 6.45) is -1.47. The number of aliphatic hydroxyl groups excluding tert-OH is 1. The van der Waals surface area contributed by atoms with E-state index in [0.29, 0.717) is 26.4 Å². The summed E-state index contributed by atoms with van der Waals surface area (Å²) >= 11 is -2.94. The number of carbonyl (C=O) groups is 1. The van der Waals surface area contributed by atoms with Gasteiger partial charge in [0.1, 0.15) is 11.2 Å². The van der Waals surface area contributed by atoms with Gasteiger partial charge in [0.05, 0.1) is 11.8 Å². The molecule has 0 bridgehead atoms. The first-order valence-corrected chi connectivity index (χ1v) is 10.2. The van der Waals surface area contributed by atoms with Gasteiger partial charge in [0.2, 0.25) is 0 Å². The zero-order valence-corrected chi connectivity index (χ0v) is 16.5. The number of carboxylic acids is 1. The fraction of sp³-hybridized carbons (Fsp3) is 0.136. The van der Waals surface area contributed by atoms with E-state index in [1.54, 1.807) is 48.5 Å². The summed E-state index contributed by atoms with van der Waals surface area (Å²) in [5, 5.41) is 21.8. The molecule has 4 rings (SSSR count). The number of aliphatic carboxylic acids is 1. The Bertz CT molecular complexity index is 1220. The van der Waals surface area contributed by atoms with Gasteiger partial charge in [-0.1, -0.05) is 48.5 Å². The third kappa shape index (κ3) is 3.80. The number of hydrogen-bond donors (Lipinski definition) is 2. The Kier molecular flexibility index (Phi) is 5.54. The summed E-state index contributed by atoms with van der Waals surface area (Å²) in [6.45, 7) is 0. The number of aliphatic hydroxyl groups is 1. The second-order valence-corrected chi connectivity index (χ2v) is 7.69. The monoisotopic (exact) mass is 424 g/mol. The normalized spacial score (nSPS) is 14.5. The minimum absolute atomic E-state index is 0.0115. The molecule has 0 saturated carbocycles. The molecule has 0 amide bonds. The molecule has 8 heteroatoms. The number of hydrogen-bond acceptors (Lipinski definition) is 5. The molecule has 154 valence electrons. The molecule has 0 radical (unpaired) electrons. The lowest BCUT2D eigenvalue weighted by molar-refractivity contribution is -0.140. The van der Waals surface area contributed by atoms with Gasteiger partial charge in [-0.15, -0.1) is 0 Å². The highest BCUT2D eigenvalue weighted by molar-refractivity contribution is 7.80. The molecule has 7 nitrogen and oxygen atoms in total. The van der Waals surface area contributed by atoms with Crippen molar-refractivity contribution in [2.75, 3.05) is 4.31 Å². The highest BCUT2D eigenvalue weighted by atomic mass is 32.2. The Morgan fingerprint density at radius 1 is 1.00 bits per heavy atom. The summed E-state index contributed by atoms with van der Waals surface area (Å²) in [5.74, 6) is -1.44. The van der Waals surface area contributed by atoms with Crippen LogP contribution in [0.15, 0.2) is 77.2 Å². The van der Waals surface area contributed by atoms with Crippen molar-refractivity contribution in [3.8, 4) is 0 Å². The maximum absolute atomic E-state index is 12.1. The largest absolute Gasteiger partial charge is 0.755 e. The van der Waals surface area contributed by atoms with Crippen molar-refractivity contribution < 1.29 is 28.2 Å². The molecule has 3 atom stereocenters. The van der Waals surface area contributed by atoms with Crippen LogP contribution in [0.1, 0.15) is 5.56 Å². The van der Waals surface area contributed by atoms with Crippen molar-refractivity contribution in [1.82, 2.24) is 0 Å². The molecular formula is C22H18NO6S-. The van der Waals surface area contributed by atoms with E-state index in [9.17, 15) is 23.8 Å². The molecule has 0 aliphatic carbocycles. The second-order valence-electron chi connectivity index (χ2n) is 6.86. The lowest BCUT2D eigenvalue weighted by Gasteiger charge is -2.34. The molecule has 2 N–H and O–H groups in total. The number of rotatable bonds is 7. The van der Waals surface area contributed by atoms with Crippen LogP contribution >= 0.6 is 0 Å². The van der Waals surface area contributed by atoms with E-state index < -0.39 is 29.4 Å². The molecule has 30 heavy (non-hydrogen) atoms. The van der Waals surface area contributed by atoms with E-state index in [1.807, 2.05) is 18.2 Å². The maximum atomic E-state index is 12.1. The number of nitrogens with zero attached hydrogens (tertiary/aromatic N) is 1. The molecule has 4 aromatic rings.